The van der Waals surface area contributed by atoms with E-state index in [1.807, 2.05) is 0 Å². The predicted octanol–water partition coefficient (Wildman–Crippen LogP) is 0.0856. The fraction of sp³-hybridized carbons (Fsp3) is 1.00. The Hall–Kier alpha value is -0.160. The second-order valence-electron chi connectivity index (χ2n) is 5.26. The van der Waals surface area contributed by atoms with Crippen LogP contribution in [0, 0.1) is 5.92 Å². The molecule has 0 radical (unpaired) electrons. The SMILES string of the molecule is C1CC(CN2C3CNCC2COC3)CCO1. The lowest BCUT2D eigenvalue weighted by Crippen LogP contribution is -2.64. The van der Waals surface area contributed by atoms with Crippen molar-refractivity contribution in [2.75, 3.05) is 46.1 Å². The topological polar surface area (TPSA) is 33.7 Å². The minimum atomic E-state index is 0.607. The number of nitrogens with zero attached hydrogens (tertiary/aromatic N) is 1. The Morgan fingerprint density at radius 3 is 2.38 bits per heavy atom. The van der Waals surface area contributed by atoms with E-state index in [4.69, 9.17) is 9.47 Å². The molecule has 2 unspecified atom stereocenters. The van der Waals surface area contributed by atoms with E-state index in [1.165, 1.54) is 19.4 Å². The van der Waals surface area contributed by atoms with Gasteiger partial charge in [-0.3, -0.25) is 4.90 Å². The molecule has 16 heavy (non-hydrogen) atoms. The minimum absolute atomic E-state index is 0.607. The summed E-state index contributed by atoms with van der Waals surface area (Å²) in [7, 11) is 0. The number of morpholine rings is 1. The smallest absolute Gasteiger partial charge is 0.0635 e. The monoisotopic (exact) mass is 226 g/mol. The minimum Gasteiger partial charge on any atom is -0.381 e. The second-order valence-corrected chi connectivity index (χ2v) is 5.26. The van der Waals surface area contributed by atoms with Crippen LogP contribution in [0.25, 0.3) is 0 Å². The predicted molar refractivity (Wildman–Crippen MR) is 61.5 cm³/mol. The van der Waals surface area contributed by atoms with Crippen molar-refractivity contribution >= 4 is 0 Å². The second kappa shape index (κ2) is 5.00. The molecule has 0 amide bonds. The first-order chi connectivity index (χ1) is 7.93. The van der Waals surface area contributed by atoms with Crippen LogP contribution in [0.1, 0.15) is 12.8 Å². The number of ether oxygens (including phenoxy) is 2. The van der Waals surface area contributed by atoms with Gasteiger partial charge in [0.25, 0.3) is 0 Å². The molecule has 3 rings (SSSR count). The van der Waals surface area contributed by atoms with Gasteiger partial charge in [-0.2, -0.15) is 0 Å². The van der Waals surface area contributed by atoms with Crippen LogP contribution in [0.15, 0.2) is 0 Å². The average Bonchev–Trinajstić information content (AvgIpc) is 2.30. The quantitative estimate of drug-likeness (QED) is 0.723. The average molecular weight is 226 g/mol. The largest absolute Gasteiger partial charge is 0.381 e. The lowest BCUT2D eigenvalue weighted by atomic mass is 9.96. The number of piperazine rings is 1. The first kappa shape index (κ1) is 11.0. The molecular formula is C12H22N2O2. The molecule has 1 N–H and O–H groups in total. The van der Waals surface area contributed by atoms with Crippen molar-refractivity contribution in [3.63, 3.8) is 0 Å². The number of hydrogen-bond acceptors (Lipinski definition) is 4. The van der Waals surface area contributed by atoms with E-state index in [1.54, 1.807) is 0 Å². The summed E-state index contributed by atoms with van der Waals surface area (Å²) in [5.74, 6) is 0.843. The Kier molecular flexibility index (Phi) is 3.43. The van der Waals surface area contributed by atoms with Crippen LogP contribution in [0.4, 0.5) is 0 Å². The molecule has 3 saturated heterocycles. The fourth-order valence-corrected chi connectivity index (χ4v) is 3.12. The zero-order valence-electron chi connectivity index (χ0n) is 9.86. The Morgan fingerprint density at radius 2 is 1.69 bits per heavy atom. The van der Waals surface area contributed by atoms with E-state index in [0.717, 1.165) is 45.4 Å². The van der Waals surface area contributed by atoms with Gasteiger partial charge in [0.2, 0.25) is 0 Å². The van der Waals surface area contributed by atoms with E-state index in [0.29, 0.717) is 12.1 Å². The number of hydrogen-bond donors (Lipinski definition) is 1. The molecule has 3 aliphatic rings. The van der Waals surface area contributed by atoms with Gasteiger partial charge in [-0.1, -0.05) is 0 Å². The summed E-state index contributed by atoms with van der Waals surface area (Å²) < 4.78 is 11.1. The van der Waals surface area contributed by atoms with Crippen molar-refractivity contribution in [3.05, 3.63) is 0 Å². The van der Waals surface area contributed by atoms with E-state index in [2.05, 4.69) is 10.2 Å². The van der Waals surface area contributed by atoms with Crippen LogP contribution in [-0.4, -0.2) is 63.0 Å². The van der Waals surface area contributed by atoms with Crippen molar-refractivity contribution in [2.45, 2.75) is 24.9 Å². The summed E-state index contributed by atoms with van der Waals surface area (Å²) in [6.45, 7) is 7.19. The van der Waals surface area contributed by atoms with Gasteiger partial charge in [-0.25, -0.2) is 0 Å². The van der Waals surface area contributed by atoms with Crippen LogP contribution in [-0.2, 0) is 9.47 Å². The molecule has 4 heteroatoms. The van der Waals surface area contributed by atoms with Gasteiger partial charge in [0, 0.05) is 44.9 Å². The summed E-state index contributed by atoms with van der Waals surface area (Å²) >= 11 is 0. The number of fused-ring (bicyclic) bond motifs is 2. The summed E-state index contributed by atoms with van der Waals surface area (Å²) in [5.41, 5.74) is 0. The molecule has 3 aliphatic heterocycles. The fourth-order valence-electron chi connectivity index (χ4n) is 3.12. The zero-order valence-corrected chi connectivity index (χ0v) is 9.86. The third-order valence-electron chi connectivity index (χ3n) is 4.13. The first-order valence-corrected chi connectivity index (χ1v) is 6.55. The highest BCUT2D eigenvalue weighted by atomic mass is 16.5. The third-order valence-corrected chi connectivity index (χ3v) is 4.13. The third kappa shape index (κ3) is 2.25. The van der Waals surface area contributed by atoms with Crippen molar-refractivity contribution in [1.29, 1.82) is 0 Å². The molecule has 3 heterocycles. The maximum absolute atomic E-state index is 5.65. The maximum Gasteiger partial charge on any atom is 0.0635 e. The van der Waals surface area contributed by atoms with E-state index in [-0.39, 0.29) is 0 Å². The van der Waals surface area contributed by atoms with E-state index < -0.39 is 0 Å². The van der Waals surface area contributed by atoms with Gasteiger partial charge in [-0.15, -0.1) is 0 Å². The molecule has 0 aliphatic carbocycles. The maximum atomic E-state index is 5.65. The van der Waals surface area contributed by atoms with Gasteiger partial charge in [-0.05, 0) is 18.8 Å². The Morgan fingerprint density at radius 1 is 1.00 bits per heavy atom. The highest BCUT2D eigenvalue weighted by Gasteiger charge is 2.35. The lowest BCUT2D eigenvalue weighted by Gasteiger charge is -2.47. The molecular weight excluding hydrogens is 204 g/mol. The molecule has 4 nitrogen and oxygen atoms in total. The van der Waals surface area contributed by atoms with Crippen LogP contribution >= 0.6 is 0 Å². The highest BCUT2D eigenvalue weighted by molar-refractivity contribution is 4.91. The molecule has 3 fully saturated rings. The summed E-state index contributed by atoms with van der Waals surface area (Å²) in [6.07, 6.45) is 2.48. The van der Waals surface area contributed by atoms with E-state index >= 15 is 0 Å². The van der Waals surface area contributed by atoms with E-state index in [9.17, 15) is 0 Å². The number of rotatable bonds is 2. The van der Waals surface area contributed by atoms with Crippen molar-refractivity contribution < 1.29 is 9.47 Å². The van der Waals surface area contributed by atoms with Crippen LogP contribution in [0.5, 0.6) is 0 Å². The van der Waals surface area contributed by atoms with Crippen LogP contribution in [0.3, 0.4) is 0 Å². The van der Waals surface area contributed by atoms with Gasteiger partial charge >= 0.3 is 0 Å². The summed E-state index contributed by atoms with van der Waals surface area (Å²) in [4.78, 5) is 2.69. The molecule has 92 valence electrons. The number of nitrogens with one attached hydrogen (secondary N) is 1. The normalized spacial score (nSPS) is 37.5. The summed E-state index contributed by atoms with van der Waals surface area (Å²) in [6, 6.07) is 1.21. The lowest BCUT2D eigenvalue weighted by molar-refractivity contribution is -0.0767. The molecule has 0 aromatic rings. The highest BCUT2D eigenvalue weighted by Crippen LogP contribution is 2.22. The van der Waals surface area contributed by atoms with Gasteiger partial charge in [0.15, 0.2) is 0 Å². The van der Waals surface area contributed by atoms with Gasteiger partial charge in [0.05, 0.1) is 13.2 Å². The van der Waals surface area contributed by atoms with Crippen molar-refractivity contribution in [1.82, 2.24) is 10.2 Å². The molecule has 0 aromatic carbocycles. The van der Waals surface area contributed by atoms with Crippen LogP contribution in [0.2, 0.25) is 0 Å². The molecule has 0 spiro atoms. The standard InChI is InChI=1S/C12H22N2O2/c1-3-15-4-2-10(1)7-14-11-5-13-6-12(14)9-16-8-11/h10-13H,1-9H2. The summed E-state index contributed by atoms with van der Waals surface area (Å²) in [5, 5.41) is 3.51. The Labute approximate surface area is 97.3 Å². The van der Waals surface area contributed by atoms with Gasteiger partial charge in [0.1, 0.15) is 0 Å². The Balaban J connectivity index is 1.59. The molecule has 2 atom stereocenters. The molecule has 0 aromatic heterocycles. The Bertz CT molecular complexity index is 209. The first-order valence-electron chi connectivity index (χ1n) is 6.55. The van der Waals surface area contributed by atoms with Crippen molar-refractivity contribution in [2.24, 2.45) is 5.92 Å². The molecule has 2 bridgehead atoms. The van der Waals surface area contributed by atoms with Crippen LogP contribution < -0.4 is 5.32 Å². The van der Waals surface area contributed by atoms with Crippen molar-refractivity contribution in [3.8, 4) is 0 Å². The van der Waals surface area contributed by atoms with Gasteiger partial charge < -0.3 is 14.8 Å². The molecule has 0 saturated carbocycles. The zero-order chi connectivity index (χ0) is 10.8.